The summed E-state index contributed by atoms with van der Waals surface area (Å²) in [6.07, 6.45) is 2.62. The van der Waals surface area contributed by atoms with Crippen molar-refractivity contribution < 1.29 is 9.53 Å². The van der Waals surface area contributed by atoms with Crippen LogP contribution in [0.2, 0.25) is 0 Å². The molecule has 1 aromatic carbocycles. The number of carbonyl (C=O) groups excluding carboxylic acids is 1. The number of amides is 1. The Bertz CT molecular complexity index is 978. The maximum atomic E-state index is 12.3. The largest absolute Gasteiger partial charge is 0.444 e. The smallest absolute Gasteiger partial charge is 0.407 e. The fourth-order valence-corrected chi connectivity index (χ4v) is 3.48. The quantitative estimate of drug-likeness (QED) is 0.849. The summed E-state index contributed by atoms with van der Waals surface area (Å²) in [5.41, 5.74) is 1.21. The number of benzene rings is 1. The zero-order valence-electron chi connectivity index (χ0n) is 17.1. The molecule has 0 bridgehead atoms. The summed E-state index contributed by atoms with van der Waals surface area (Å²) >= 11 is 0. The van der Waals surface area contributed by atoms with E-state index in [9.17, 15) is 9.59 Å². The Morgan fingerprint density at radius 1 is 1.31 bits per heavy atom. The van der Waals surface area contributed by atoms with Crippen molar-refractivity contribution in [3.8, 4) is 6.07 Å². The number of nitrogens with one attached hydrogen (secondary N) is 1. The lowest BCUT2D eigenvalue weighted by atomic mass is 10.1. The lowest BCUT2D eigenvalue weighted by Gasteiger charge is -2.33. The number of aromatic nitrogens is 2. The summed E-state index contributed by atoms with van der Waals surface area (Å²) in [4.78, 5) is 30.7. The molecule has 0 unspecified atom stereocenters. The third-order valence-electron chi connectivity index (χ3n) is 4.92. The van der Waals surface area contributed by atoms with Crippen LogP contribution in [-0.2, 0) is 11.3 Å². The summed E-state index contributed by atoms with van der Waals surface area (Å²) in [7, 11) is 0. The molecule has 0 aliphatic carbocycles. The highest BCUT2D eigenvalue weighted by atomic mass is 16.6. The third-order valence-corrected chi connectivity index (χ3v) is 4.92. The van der Waals surface area contributed by atoms with Crippen LogP contribution in [-0.4, -0.2) is 51.8 Å². The van der Waals surface area contributed by atoms with Crippen LogP contribution < -0.4 is 10.9 Å². The number of alkyl carbamates (subject to hydrolysis) is 1. The molecule has 2 aromatic rings. The first-order chi connectivity index (χ1) is 13.7. The Balaban J connectivity index is 1.57. The van der Waals surface area contributed by atoms with Gasteiger partial charge in [0.15, 0.2) is 0 Å². The fourth-order valence-electron chi connectivity index (χ4n) is 3.48. The van der Waals surface area contributed by atoms with Crippen molar-refractivity contribution in [2.24, 2.45) is 0 Å². The van der Waals surface area contributed by atoms with Gasteiger partial charge >= 0.3 is 6.09 Å². The number of likely N-dealkylation sites (tertiary alicyclic amines) is 1. The van der Waals surface area contributed by atoms with Gasteiger partial charge in [-0.15, -0.1) is 0 Å². The van der Waals surface area contributed by atoms with Crippen molar-refractivity contribution in [3.63, 3.8) is 0 Å². The van der Waals surface area contributed by atoms with Gasteiger partial charge in [0.2, 0.25) is 0 Å². The molecular weight excluding hydrogens is 370 g/mol. The molecule has 29 heavy (non-hydrogen) atoms. The van der Waals surface area contributed by atoms with Crippen LogP contribution in [0.3, 0.4) is 0 Å². The van der Waals surface area contributed by atoms with E-state index in [1.54, 1.807) is 22.8 Å². The zero-order chi connectivity index (χ0) is 21.0. The minimum absolute atomic E-state index is 0.101. The second-order valence-electron chi connectivity index (χ2n) is 8.33. The molecule has 0 spiro atoms. The number of hydrogen-bond acceptors (Lipinski definition) is 6. The van der Waals surface area contributed by atoms with E-state index in [1.807, 2.05) is 20.8 Å². The van der Waals surface area contributed by atoms with Gasteiger partial charge in [0, 0.05) is 32.2 Å². The van der Waals surface area contributed by atoms with Crippen LogP contribution in [0.5, 0.6) is 0 Å². The Morgan fingerprint density at radius 3 is 2.69 bits per heavy atom. The Labute approximate surface area is 170 Å². The molecule has 154 valence electrons. The van der Waals surface area contributed by atoms with Gasteiger partial charge < -0.3 is 19.5 Å². The lowest BCUT2D eigenvalue weighted by molar-refractivity contribution is 0.0478. The Hall–Kier alpha value is -2.92. The van der Waals surface area contributed by atoms with Crippen molar-refractivity contribution in [2.75, 3.05) is 19.6 Å². The number of nitriles is 1. The minimum Gasteiger partial charge on any atom is -0.444 e. The zero-order valence-corrected chi connectivity index (χ0v) is 17.1. The van der Waals surface area contributed by atoms with Gasteiger partial charge in [-0.2, -0.15) is 5.26 Å². The molecule has 0 saturated carbocycles. The molecule has 8 heteroatoms. The maximum Gasteiger partial charge on any atom is 0.407 e. The third kappa shape index (κ3) is 5.55. The number of nitrogens with zero attached hydrogens (tertiary/aromatic N) is 4. The summed E-state index contributed by atoms with van der Waals surface area (Å²) in [5, 5.41) is 12.1. The Kier molecular flexibility index (Phi) is 6.18. The highest BCUT2D eigenvalue weighted by Crippen LogP contribution is 2.14. The van der Waals surface area contributed by atoms with Gasteiger partial charge in [0.25, 0.3) is 5.56 Å². The van der Waals surface area contributed by atoms with Crippen molar-refractivity contribution in [3.05, 3.63) is 40.3 Å². The average molecular weight is 397 g/mol. The fraction of sp³-hybridized carbons (Fsp3) is 0.524. The van der Waals surface area contributed by atoms with Crippen molar-refractivity contribution in [2.45, 2.75) is 51.8 Å². The summed E-state index contributed by atoms with van der Waals surface area (Å²) in [5.74, 6) is 0. The molecule has 1 amide bonds. The number of ether oxygens (including phenoxy) is 1. The van der Waals surface area contributed by atoms with E-state index in [2.05, 4.69) is 21.3 Å². The van der Waals surface area contributed by atoms with Gasteiger partial charge in [-0.1, -0.05) is 0 Å². The summed E-state index contributed by atoms with van der Waals surface area (Å²) < 4.78 is 6.99. The normalized spacial score (nSPS) is 15.8. The van der Waals surface area contributed by atoms with Gasteiger partial charge in [-0.05, 0) is 51.8 Å². The van der Waals surface area contributed by atoms with Crippen molar-refractivity contribution >= 4 is 17.1 Å². The van der Waals surface area contributed by atoms with Gasteiger partial charge in [-0.25, -0.2) is 9.78 Å². The molecular formula is C21H27N5O3. The van der Waals surface area contributed by atoms with Gasteiger partial charge in [0.1, 0.15) is 5.60 Å². The monoisotopic (exact) mass is 397 g/mol. The van der Waals surface area contributed by atoms with Gasteiger partial charge in [-0.3, -0.25) is 4.79 Å². The highest BCUT2D eigenvalue weighted by Gasteiger charge is 2.23. The molecule has 1 aromatic heterocycles. The molecule has 1 fully saturated rings. The number of hydrogen-bond donors (Lipinski definition) is 1. The van der Waals surface area contributed by atoms with Crippen LogP contribution in [0.15, 0.2) is 29.2 Å². The predicted molar refractivity (Wildman–Crippen MR) is 110 cm³/mol. The number of piperidine rings is 1. The highest BCUT2D eigenvalue weighted by molar-refractivity contribution is 5.76. The SMILES string of the molecule is CC(C)(C)OC(=O)NC1CCN(CCn2c(=O)cnc3ccc(C#N)cc32)CC1. The molecule has 1 aliphatic heterocycles. The average Bonchev–Trinajstić information content (AvgIpc) is 2.66. The van der Waals surface area contributed by atoms with Crippen LogP contribution in [0.1, 0.15) is 39.2 Å². The van der Waals surface area contributed by atoms with Crippen LogP contribution >= 0.6 is 0 Å². The van der Waals surface area contributed by atoms with E-state index in [1.165, 1.54) is 6.20 Å². The first-order valence-electron chi connectivity index (χ1n) is 9.87. The molecule has 0 atom stereocenters. The van der Waals surface area contributed by atoms with Crippen molar-refractivity contribution in [1.82, 2.24) is 19.8 Å². The number of fused-ring (bicyclic) bond motifs is 1. The molecule has 2 heterocycles. The van der Waals surface area contributed by atoms with E-state index in [0.29, 0.717) is 23.1 Å². The van der Waals surface area contributed by atoms with E-state index >= 15 is 0 Å². The van der Waals surface area contributed by atoms with E-state index in [4.69, 9.17) is 10.00 Å². The molecule has 0 radical (unpaired) electrons. The predicted octanol–water partition coefficient (Wildman–Crippen LogP) is 2.26. The molecule has 1 N–H and O–H groups in total. The topological polar surface area (TPSA) is 100 Å². The van der Waals surface area contributed by atoms with Crippen LogP contribution in [0, 0.1) is 11.3 Å². The van der Waals surface area contributed by atoms with Gasteiger partial charge in [0.05, 0.1) is 28.9 Å². The number of carbonyl (C=O) groups is 1. The molecule has 3 rings (SSSR count). The molecule has 1 saturated heterocycles. The lowest BCUT2D eigenvalue weighted by Crippen LogP contribution is -2.46. The van der Waals surface area contributed by atoms with Crippen LogP contribution in [0.25, 0.3) is 11.0 Å². The van der Waals surface area contributed by atoms with Crippen LogP contribution in [0.4, 0.5) is 4.79 Å². The summed E-state index contributed by atoms with van der Waals surface area (Å²) in [6.45, 7) is 8.45. The van der Waals surface area contributed by atoms with Crippen molar-refractivity contribution in [1.29, 1.82) is 5.26 Å². The minimum atomic E-state index is -0.503. The Morgan fingerprint density at radius 2 is 2.03 bits per heavy atom. The second kappa shape index (κ2) is 8.62. The number of rotatable bonds is 4. The molecule has 8 nitrogen and oxygen atoms in total. The first-order valence-corrected chi connectivity index (χ1v) is 9.87. The second-order valence-corrected chi connectivity index (χ2v) is 8.33. The van der Waals surface area contributed by atoms with E-state index in [-0.39, 0.29) is 17.7 Å². The first kappa shape index (κ1) is 20.8. The summed E-state index contributed by atoms with van der Waals surface area (Å²) in [6, 6.07) is 7.38. The van der Waals surface area contributed by atoms with E-state index in [0.717, 1.165) is 32.5 Å². The standard InChI is InChI=1S/C21H27N5O3/c1-21(2,3)29-20(28)24-16-6-8-25(9-7-16)10-11-26-18-12-15(13-22)4-5-17(18)23-14-19(26)27/h4-5,12,14,16H,6-11H2,1-3H3,(H,24,28). The van der Waals surface area contributed by atoms with E-state index < -0.39 is 5.60 Å². The molecule has 1 aliphatic rings. The maximum absolute atomic E-state index is 12.3.